The molecule has 1 aliphatic rings. The molecular weight excluding hydrogens is 212 g/mol. The Kier molecular flexibility index (Phi) is 2.37. The third-order valence-electron chi connectivity index (χ3n) is 3.78. The van der Waals surface area contributed by atoms with Crippen LogP contribution in [0.3, 0.4) is 0 Å². The summed E-state index contributed by atoms with van der Waals surface area (Å²) >= 11 is 0. The van der Waals surface area contributed by atoms with Crippen LogP contribution in [-0.4, -0.2) is 18.2 Å². The van der Waals surface area contributed by atoms with E-state index in [0.717, 1.165) is 18.8 Å². The van der Waals surface area contributed by atoms with E-state index in [1.165, 1.54) is 22.2 Å². The summed E-state index contributed by atoms with van der Waals surface area (Å²) < 4.78 is 7.63. The number of ether oxygens (including phenoxy) is 1. The lowest BCUT2D eigenvalue weighted by Gasteiger charge is -2.21. The zero-order valence-corrected chi connectivity index (χ0v) is 10.6. The Morgan fingerprint density at radius 3 is 3.00 bits per heavy atom. The third kappa shape index (κ3) is 1.46. The lowest BCUT2D eigenvalue weighted by Crippen LogP contribution is -2.27. The van der Waals surface area contributed by atoms with Crippen LogP contribution in [0.5, 0.6) is 5.75 Å². The SMILES string of the molecule is COc1ccc2c3c(n(C)c2c1)C(C)CNC3. The summed E-state index contributed by atoms with van der Waals surface area (Å²) in [6.45, 7) is 4.32. The average molecular weight is 230 g/mol. The standard InChI is InChI=1S/C14H18N2O/c1-9-7-15-8-12-11-5-4-10(17-3)6-13(11)16(2)14(9)12/h4-6,9,15H,7-8H2,1-3H3. The van der Waals surface area contributed by atoms with Gasteiger partial charge in [-0.15, -0.1) is 0 Å². The van der Waals surface area contributed by atoms with E-state index in [0.29, 0.717) is 5.92 Å². The predicted octanol–water partition coefficient (Wildman–Crippen LogP) is 2.39. The average Bonchev–Trinajstić information content (AvgIpc) is 2.64. The molecule has 1 atom stereocenters. The van der Waals surface area contributed by atoms with Crippen molar-refractivity contribution in [3.63, 3.8) is 0 Å². The normalized spacial score (nSPS) is 19.4. The van der Waals surface area contributed by atoms with E-state index >= 15 is 0 Å². The highest BCUT2D eigenvalue weighted by atomic mass is 16.5. The molecule has 0 saturated heterocycles. The molecule has 1 N–H and O–H groups in total. The first-order valence-corrected chi connectivity index (χ1v) is 6.08. The van der Waals surface area contributed by atoms with Gasteiger partial charge in [-0.3, -0.25) is 0 Å². The molecule has 2 heterocycles. The minimum Gasteiger partial charge on any atom is -0.497 e. The molecular formula is C14H18N2O. The highest BCUT2D eigenvalue weighted by molar-refractivity contribution is 5.87. The van der Waals surface area contributed by atoms with E-state index < -0.39 is 0 Å². The number of aryl methyl sites for hydroxylation is 1. The van der Waals surface area contributed by atoms with Gasteiger partial charge in [0, 0.05) is 43.2 Å². The summed E-state index contributed by atoms with van der Waals surface area (Å²) in [6.07, 6.45) is 0. The summed E-state index contributed by atoms with van der Waals surface area (Å²) in [5, 5.41) is 4.83. The maximum atomic E-state index is 5.31. The van der Waals surface area contributed by atoms with E-state index in [4.69, 9.17) is 4.74 Å². The van der Waals surface area contributed by atoms with Crippen molar-refractivity contribution >= 4 is 10.9 Å². The van der Waals surface area contributed by atoms with Crippen molar-refractivity contribution in [2.24, 2.45) is 7.05 Å². The van der Waals surface area contributed by atoms with Crippen LogP contribution in [0.4, 0.5) is 0 Å². The predicted molar refractivity (Wildman–Crippen MR) is 69.6 cm³/mol. The fraction of sp³-hybridized carbons (Fsp3) is 0.429. The molecule has 0 radical (unpaired) electrons. The fourth-order valence-electron chi connectivity index (χ4n) is 2.97. The zero-order chi connectivity index (χ0) is 12.0. The van der Waals surface area contributed by atoms with Crippen LogP contribution in [0, 0.1) is 0 Å². The number of fused-ring (bicyclic) bond motifs is 3. The van der Waals surface area contributed by atoms with Gasteiger partial charge in [-0.1, -0.05) is 6.92 Å². The molecule has 90 valence electrons. The molecule has 0 fully saturated rings. The lowest BCUT2D eigenvalue weighted by atomic mass is 9.98. The highest BCUT2D eigenvalue weighted by Gasteiger charge is 2.23. The Morgan fingerprint density at radius 2 is 2.24 bits per heavy atom. The van der Waals surface area contributed by atoms with Gasteiger partial charge in [0.15, 0.2) is 0 Å². The van der Waals surface area contributed by atoms with Gasteiger partial charge in [0.2, 0.25) is 0 Å². The van der Waals surface area contributed by atoms with E-state index in [2.05, 4.69) is 36.0 Å². The molecule has 0 saturated carbocycles. The molecule has 2 aromatic rings. The number of aromatic nitrogens is 1. The molecule has 0 aliphatic carbocycles. The van der Waals surface area contributed by atoms with E-state index in [-0.39, 0.29) is 0 Å². The Morgan fingerprint density at radius 1 is 1.41 bits per heavy atom. The molecule has 3 rings (SSSR count). The molecule has 0 amide bonds. The maximum absolute atomic E-state index is 5.31. The largest absolute Gasteiger partial charge is 0.497 e. The number of hydrogen-bond acceptors (Lipinski definition) is 2. The third-order valence-corrected chi connectivity index (χ3v) is 3.78. The highest BCUT2D eigenvalue weighted by Crippen LogP contribution is 2.34. The van der Waals surface area contributed by atoms with E-state index in [1.807, 2.05) is 6.07 Å². The molecule has 1 unspecified atom stereocenters. The van der Waals surface area contributed by atoms with Crippen molar-refractivity contribution in [3.05, 3.63) is 29.5 Å². The van der Waals surface area contributed by atoms with E-state index in [9.17, 15) is 0 Å². The molecule has 17 heavy (non-hydrogen) atoms. The van der Waals surface area contributed by atoms with E-state index in [1.54, 1.807) is 7.11 Å². The van der Waals surface area contributed by atoms with Crippen molar-refractivity contribution in [2.75, 3.05) is 13.7 Å². The van der Waals surface area contributed by atoms with Gasteiger partial charge in [-0.05, 0) is 17.7 Å². The molecule has 1 aliphatic heterocycles. The fourth-order valence-corrected chi connectivity index (χ4v) is 2.97. The van der Waals surface area contributed by atoms with Crippen molar-refractivity contribution in [3.8, 4) is 5.75 Å². The molecule has 1 aromatic carbocycles. The van der Waals surface area contributed by atoms with Crippen LogP contribution in [0.1, 0.15) is 24.1 Å². The van der Waals surface area contributed by atoms with Gasteiger partial charge in [0.25, 0.3) is 0 Å². The first-order chi connectivity index (χ1) is 8.22. The minimum absolute atomic E-state index is 0.571. The van der Waals surface area contributed by atoms with Gasteiger partial charge in [-0.25, -0.2) is 0 Å². The van der Waals surface area contributed by atoms with Crippen LogP contribution in [0.25, 0.3) is 10.9 Å². The summed E-state index contributed by atoms with van der Waals surface area (Å²) in [5.74, 6) is 1.50. The molecule has 1 aromatic heterocycles. The monoisotopic (exact) mass is 230 g/mol. The Labute approximate surface area is 101 Å². The van der Waals surface area contributed by atoms with Gasteiger partial charge in [0.05, 0.1) is 12.6 Å². The maximum Gasteiger partial charge on any atom is 0.120 e. The Bertz CT molecular complexity index is 571. The molecule has 3 heteroatoms. The Balaban J connectivity index is 2.32. The second kappa shape index (κ2) is 3.77. The van der Waals surface area contributed by atoms with Gasteiger partial charge in [0.1, 0.15) is 5.75 Å². The van der Waals surface area contributed by atoms with Crippen LogP contribution in [0.2, 0.25) is 0 Å². The van der Waals surface area contributed by atoms with Crippen LogP contribution in [-0.2, 0) is 13.6 Å². The number of nitrogens with one attached hydrogen (secondary N) is 1. The number of hydrogen-bond donors (Lipinski definition) is 1. The summed E-state index contributed by atoms with van der Waals surface area (Å²) in [5.41, 5.74) is 4.18. The number of methoxy groups -OCH3 is 1. The first kappa shape index (κ1) is 10.7. The van der Waals surface area contributed by atoms with Crippen LogP contribution >= 0.6 is 0 Å². The second-order valence-corrected chi connectivity index (χ2v) is 4.84. The number of nitrogens with zero attached hydrogens (tertiary/aromatic N) is 1. The molecule has 0 bridgehead atoms. The van der Waals surface area contributed by atoms with Gasteiger partial charge >= 0.3 is 0 Å². The summed E-state index contributed by atoms with van der Waals surface area (Å²) in [7, 11) is 3.87. The van der Waals surface area contributed by atoms with Crippen molar-refractivity contribution in [1.82, 2.24) is 9.88 Å². The van der Waals surface area contributed by atoms with Crippen molar-refractivity contribution < 1.29 is 4.74 Å². The Hall–Kier alpha value is -1.48. The second-order valence-electron chi connectivity index (χ2n) is 4.84. The lowest BCUT2D eigenvalue weighted by molar-refractivity contribution is 0.415. The summed E-state index contributed by atoms with van der Waals surface area (Å²) in [6, 6.07) is 6.34. The quantitative estimate of drug-likeness (QED) is 0.814. The van der Waals surface area contributed by atoms with Crippen LogP contribution in [0.15, 0.2) is 18.2 Å². The first-order valence-electron chi connectivity index (χ1n) is 6.08. The van der Waals surface area contributed by atoms with Gasteiger partial charge < -0.3 is 14.6 Å². The minimum atomic E-state index is 0.571. The van der Waals surface area contributed by atoms with Crippen molar-refractivity contribution in [2.45, 2.75) is 19.4 Å². The summed E-state index contributed by atoms with van der Waals surface area (Å²) in [4.78, 5) is 0. The van der Waals surface area contributed by atoms with Gasteiger partial charge in [-0.2, -0.15) is 0 Å². The number of rotatable bonds is 1. The topological polar surface area (TPSA) is 26.2 Å². The number of benzene rings is 1. The zero-order valence-electron chi connectivity index (χ0n) is 10.6. The van der Waals surface area contributed by atoms with Crippen molar-refractivity contribution in [1.29, 1.82) is 0 Å². The molecule has 0 spiro atoms. The smallest absolute Gasteiger partial charge is 0.120 e. The molecule has 3 nitrogen and oxygen atoms in total. The van der Waals surface area contributed by atoms with Crippen LogP contribution < -0.4 is 10.1 Å².